The first-order valence-corrected chi connectivity index (χ1v) is 10.5. The molecule has 1 aliphatic rings. The first-order valence-electron chi connectivity index (χ1n) is 8.63. The molecule has 0 spiro atoms. The van der Waals surface area contributed by atoms with Crippen molar-refractivity contribution in [3.8, 4) is 11.5 Å². The molecule has 10 nitrogen and oxygen atoms in total. The van der Waals surface area contributed by atoms with Crippen LogP contribution in [0.5, 0.6) is 0 Å². The van der Waals surface area contributed by atoms with Gasteiger partial charge in [-0.3, -0.25) is 24.6 Å². The molecular formula is C19H14N4O6S. The molecule has 0 bridgehead atoms. The summed E-state index contributed by atoms with van der Waals surface area (Å²) >= 11 is 0. The van der Waals surface area contributed by atoms with Crippen molar-refractivity contribution in [1.82, 2.24) is 15.1 Å². The van der Waals surface area contributed by atoms with Gasteiger partial charge in [0.1, 0.15) is 6.54 Å². The average molecular weight is 426 g/mol. The zero-order valence-corrected chi connectivity index (χ0v) is 16.3. The number of fused-ring (bicyclic) bond motifs is 1. The van der Waals surface area contributed by atoms with Crippen LogP contribution >= 0.6 is 0 Å². The fraction of sp³-hybridized carbons (Fsp3) is 0.105. The molecule has 0 saturated heterocycles. The second kappa shape index (κ2) is 7.19. The van der Waals surface area contributed by atoms with Gasteiger partial charge in [0.2, 0.25) is 11.8 Å². The lowest BCUT2D eigenvalue weighted by Gasteiger charge is -2.12. The third-order valence-corrected chi connectivity index (χ3v) is 5.51. The lowest BCUT2D eigenvalue weighted by molar-refractivity contribution is -0.116. The molecule has 0 aliphatic carbocycles. The van der Waals surface area contributed by atoms with E-state index in [2.05, 4.69) is 15.5 Å². The molecule has 3 amide bonds. The van der Waals surface area contributed by atoms with Crippen LogP contribution in [0.4, 0.5) is 6.01 Å². The van der Waals surface area contributed by atoms with Gasteiger partial charge in [0, 0.05) is 11.8 Å². The number of rotatable bonds is 5. The van der Waals surface area contributed by atoms with E-state index in [1.807, 2.05) is 0 Å². The maximum absolute atomic E-state index is 12.3. The van der Waals surface area contributed by atoms with Crippen LogP contribution in [0.2, 0.25) is 0 Å². The van der Waals surface area contributed by atoms with Crippen LogP contribution in [0.3, 0.4) is 0 Å². The quantitative estimate of drug-likeness (QED) is 0.604. The molecule has 1 aliphatic heterocycles. The maximum Gasteiger partial charge on any atom is 0.322 e. The Morgan fingerprint density at radius 2 is 1.60 bits per heavy atom. The first kappa shape index (κ1) is 19.5. The Morgan fingerprint density at radius 3 is 2.17 bits per heavy atom. The van der Waals surface area contributed by atoms with Gasteiger partial charge in [-0.25, -0.2) is 8.42 Å². The molecule has 30 heavy (non-hydrogen) atoms. The van der Waals surface area contributed by atoms with Crippen molar-refractivity contribution in [3.05, 3.63) is 59.7 Å². The summed E-state index contributed by atoms with van der Waals surface area (Å²) in [4.78, 5) is 37.9. The minimum atomic E-state index is -3.34. The van der Waals surface area contributed by atoms with E-state index in [1.54, 1.807) is 12.1 Å². The molecule has 0 radical (unpaired) electrons. The molecule has 11 heteroatoms. The summed E-state index contributed by atoms with van der Waals surface area (Å²) in [5.41, 5.74) is 0.941. The maximum atomic E-state index is 12.3. The van der Waals surface area contributed by atoms with Crippen LogP contribution in [0.15, 0.2) is 57.8 Å². The Bertz CT molecular complexity index is 1250. The van der Waals surface area contributed by atoms with Crippen molar-refractivity contribution in [2.75, 3.05) is 18.1 Å². The molecule has 152 valence electrons. The summed E-state index contributed by atoms with van der Waals surface area (Å²) in [6.45, 7) is -0.507. The van der Waals surface area contributed by atoms with Crippen LogP contribution < -0.4 is 5.32 Å². The molecule has 0 saturated carbocycles. The molecule has 0 unspecified atom stereocenters. The number of anilines is 1. The van der Waals surface area contributed by atoms with Crippen molar-refractivity contribution in [1.29, 1.82) is 0 Å². The van der Waals surface area contributed by atoms with E-state index >= 15 is 0 Å². The first-order chi connectivity index (χ1) is 14.2. The van der Waals surface area contributed by atoms with Gasteiger partial charge in [0.15, 0.2) is 9.84 Å². The van der Waals surface area contributed by atoms with Gasteiger partial charge in [-0.05, 0) is 36.4 Å². The summed E-state index contributed by atoms with van der Waals surface area (Å²) in [5.74, 6) is -1.73. The number of nitrogens with zero attached hydrogens (tertiary/aromatic N) is 3. The van der Waals surface area contributed by atoms with E-state index in [4.69, 9.17) is 4.42 Å². The lowest BCUT2D eigenvalue weighted by atomic mass is 10.1. The zero-order valence-electron chi connectivity index (χ0n) is 15.5. The minimum absolute atomic E-state index is 0.0612. The molecule has 1 aromatic heterocycles. The van der Waals surface area contributed by atoms with E-state index in [9.17, 15) is 22.8 Å². The predicted molar refractivity (Wildman–Crippen MR) is 103 cm³/mol. The Hall–Kier alpha value is -3.86. The van der Waals surface area contributed by atoms with E-state index in [0.29, 0.717) is 5.56 Å². The molecule has 2 aromatic carbocycles. The fourth-order valence-electron chi connectivity index (χ4n) is 2.92. The smallest absolute Gasteiger partial charge is 0.322 e. The summed E-state index contributed by atoms with van der Waals surface area (Å²) in [7, 11) is -3.34. The summed E-state index contributed by atoms with van der Waals surface area (Å²) in [5, 5.41) is 9.84. The van der Waals surface area contributed by atoms with Gasteiger partial charge in [-0.15, -0.1) is 5.10 Å². The largest absolute Gasteiger partial charge is 0.403 e. The molecule has 0 atom stereocenters. The highest BCUT2D eigenvalue weighted by Crippen LogP contribution is 2.23. The van der Waals surface area contributed by atoms with Crippen LogP contribution in [0.1, 0.15) is 20.7 Å². The van der Waals surface area contributed by atoms with E-state index < -0.39 is 34.1 Å². The Kier molecular flexibility index (Phi) is 4.66. The molecule has 1 N–H and O–H groups in total. The number of aromatic nitrogens is 2. The van der Waals surface area contributed by atoms with Gasteiger partial charge in [0.25, 0.3) is 11.8 Å². The fourth-order valence-corrected chi connectivity index (χ4v) is 3.55. The lowest BCUT2D eigenvalue weighted by Crippen LogP contribution is -2.37. The van der Waals surface area contributed by atoms with Gasteiger partial charge in [-0.1, -0.05) is 17.2 Å². The highest BCUT2D eigenvalue weighted by molar-refractivity contribution is 7.90. The van der Waals surface area contributed by atoms with Crippen LogP contribution in [-0.4, -0.2) is 54.0 Å². The summed E-state index contributed by atoms with van der Waals surface area (Å²) in [6.07, 6.45) is 1.09. The number of hydrogen-bond donors (Lipinski definition) is 1. The standard InChI is InChI=1S/C19H14N4O6S/c1-30(27,28)12-8-6-11(7-9-12)16-21-22-19(29-16)20-15(24)10-23-17(25)13-4-2-3-5-14(13)18(23)26/h2-9H,10H2,1H3,(H,20,22,24). The Labute approximate surface area is 170 Å². The monoisotopic (exact) mass is 426 g/mol. The van der Waals surface area contributed by atoms with Crippen molar-refractivity contribution >= 4 is 33.6 Å². The summed E-state index contributed by atoms with van der Waals surface area (Å²) in [6, 6.07) is 11.9. The van der Waals surface area contributed by atoms with Crippen molar-refractivity contribution in [2.24, 2.45) is 0 Å². The van der Waals surface area contributed by atoms with E-state index in [1.165, 1.54) is 36.4 Å². The van der Waals surface area contributed by atoms with Gasteiger partial charge in [0.05, 0.1) is 16.0 Å². The molecule has 0 fully saturated rings. The van der Waals surface area contributed by atoms with Crippen LogP contribution in [0.25, 0.3) is 11.5 Å². The number of sulfone groups is 1. The number of carbonyl (C=O) groups excluding carboxylic acids is 3. The number of imide groups is 1. The van der Waals surface area contributed by atoms with Gasteiger partial charge in [-0.2, -0.15) is 0 Å². The predicted octanol–water partition coefficient (Wildman–Crippen LogP) is 1.37. The van der Waals surface area contributed by atoms with Crippen molar-refractivity contribution in [3.63, 3.8) is 0 Å². The van der Waals surface area contributed by atoms with Gasteiger partial charge >= 0.3 is 6.01 Å². The molecule has 3 aromatic rings. The topological polar surface area (TPSA) is 140 Å². The minimum Gasteiger partial charge on any atom is -0.403 e. The Balaban J connectivity index is 1.44. The molecular weight excluding hydrogens is 412 g/mol. The van der Waals surface area contributed by atoms with Crippen LogP contribution in [-0.2, 0) is 14.6 Å². The molecule has 2 heterocycles. The number of amides is 3. The van der Waals surface area contributed by atoms with E-state index in [0.717, 1.165) is 11.2 Å². The number of hydrogen-bond acceptors (Lipinski definition) is 8. The SMILES string of the molecule is CS(=O)(=O)c1ccc(-c2nnc(NC(=O)CN3C(=O)c4ccccc4C3=O)o2)cc1. The van der Waals surface area contributed by atoms with E-state index in [-0.39, 0.29) is 27.9 Å². The van der Waals surface area contributed by atoms with Crippen molar-refractivity contribution < 1.29 is 27.2 Å². The number of carbonyl (C=O) groups is 3. The third kappa shape index (κ3) is 3.57. The zero-order chi connectivity index (χ0) is 21.5. The molecule has 4 rings (SSSR count). The average Bonchev–Trinajstić information content (AvgIpc) is 3.27. The Morgan fingerprint density at radius 1 is 1.00 bits per heavy atom. The highest BCUT2D eigenvalue weighted by atomic mass is 32.2. The van der Waals surface area contributed by atoms with Crippen LogP contribution in [0, 0.1) is 0 Å². The van der Waals surface area contributed by atoms with Gasteiger partial charge < -0.3 is 4.42 Å². The number of nitrogens with one attached hydrogen (secondary N) is 1. The van der Waals surface area contributed by atoms with Crippen molar-refractivity contribution in [2.45, 2.75) is 4.90 Å². The second-order valence-corrected chi connectivity index (χ2v) is 8.51. The number of benzene rings is 2. The highest BCUT2D eigenvalue weighted by Gasteiger charge is 2.36. The normalized spacial score (nSPS) is 13.4. The summed E-state index contributed by atoms with van der Waals surface area (Å²) < 4.78 is 28.4. The second-order valence-electron chi connectivity index (χ2n) is 6.50. The third-order valence-electron chi connectivity index (χ3n) is 4.38.